The molecule has 0 saturated heterocycles. The maximum atomic E-state index is 12.5. The Kier molecular flexibility index (Phi) is 6.23. The summed E-state index contributed by atoms with van der Waals surface area (Å²) < 4.78 is 11.0. The molecule has 0 radical (unpaired) electrons. The Labute approximate surface area is 172 Å². The molecule has 150 valence electrons. The third kappa shape index (κ3) is 5.61. The summed E-state index contributed by atoms with van der Waals surface area (Å²) in [6.45, 7) is 6.96. The van der Waals surface area contributed by atoms with E-state index < -0.39 is 0 Å². The minimum atomic E-state index is -0.161. The van der Waals surface area contributed by atoms with E-state index in [4.69, 9.17) is 9.47 Å². The van der Waals surface area contributed by atoms with Gasteiger partial charge in [-0.15, -0.1) is 0 Å². The van der Waals surface area contributed by atoms with Gasteiger partial charge in [0.1, 0.15) is 18.1 Å². The van der Waals surface area contributed by atoms with Crippen molar-refractivity contribution in [1.29, 1.82) is 0 Å². The average molecular weight is 389 g/mol. The van der Waals surface area contributed by atoms with Crippen molar-refractivity contribution in [2.75, 3.05) is 12.4 Å². The Morgan fingerprint density at radius 3 is 2.17 bits per heavy atom. The molecule has 0 atom stereocenters. The van der Waals surface area contributed by atoms with Crippen molar-refractivity contribution < 1.29 is 14.3 Å². The normalized spacial score (nSPS) is 11.0. The summed E-state index contributed by atoms with van der Waals surface area (Å²) in [4.78, 5) is 12.5. The maximum absolute atomic E-state index is 12.5. The molecule has 1 amide bonds. The van der Waals surface area contributed by atoms with Gasteiger partial charge in [0.15, 0.2) is 0 Å². The van der Waals surface area contributed by atoms with E-state index in [9.17, 15) is 4.79 Å². The molecular formula is C25H27NO3. The topological polar surface area (TPSA) is 47.6 Å². The molecule has 0 fully saturated rings. The molecule has 1 N–H and O–H groups in total. The number of nitrogens with one attached hydrogen (secondary N) is 1. The largest absolute Gasteiger partial charge is 0.497 e. The molecular weight excluding hydrogens is 362 g/mol. The smallest absolute Gasteiger partial charge is 0.255 e. The zero-order valence-electron chi connectivity index (χ0n) is 17.4. The molecule has 0 aromatic heterocycles. The average Bonchev–Trinajstić information content (AvgIpc) is 2.72. The predicted molar refractivity (Wildman–Crippen MR) is 117 cm³/mol. The molecule has 0 spiro atoms. The van der Waals surface area contributed by atoms with Crippen LogP contribution in [0.4, 0.5) is 5.69 Å². The monoisotopic (exact) mass is 389 g/mol. The maximum Gasteiger partial charge on any atom is 0.255 e. The molecule has 29 heavy (non-hydrogen) atoms. The molecule has 0 aliphatic carbocycles. The molecule has 3 aromatic rings. The lowest BCUT2D eigenvalue weighted by atomic mass is 9.87. The van der Waals surface area contributed by atoms with Gasteiger partial charge in [-0.3, -0.25) is 4.79 Å². The van der Waals surface area contributed by atoms with Gasteiger partial charge in [0, 0.05) is 11.3 Å². The van der Waals surface area contributed by atoms with Crippen LogP contribution in [0.5, 0.6) is 11.5 Å². The summed E-state index contributed by atoms with van der Waals surface area (Å²) in [7, 11) is 1.61. The van der Waals surface area contributed by atoms with Gasteiger partial charge in [-0.1, -0.05) is 45.0 Å². The van der Waals surface area contributed by atoms with Crippen LogP contribution in [0.2, 0.25) is 0 Å². The number of methoxy groups -OCH3 is 1. The predicted octanol–water partition coefficient (Wildman–Crippen LogP) is 5.82. The lowest BCUT2D eigenvalue weighted by Crippen LogP contribution is -2.12. The first-order valence-corrected chi connectivity index (χ1v) is 9.63. The lowest BCUT2D eigenvalue weighted by molar-refractivity contribution is 0.102. The molecule has 0 saturated carbocycles. The number of amides is 1. The quantitative estimate of drug-likeness (QED) is 0.577. The summed E-state index contributed by atoms with van der Waals surface area (Å²) >= 11 is 0. The first kappa shape index (κ1) is 20.5. The van der Waals surface area contributed by atoms with Crippen molar-refractivity contribution in [3.63, 3.8) is 0 Å². The first-order valence-electron chi connectivity index (χ1n) is 9.63. The molecule has 4 nitrogen and oxygen atoms in total. The van der Waals surface area contributed by atoms with Crippen LogP contribution >= 0.6 is 0 Å². The second-order valence-corrected chi connectivity index (χ2v) is 7.95. The number of carbonyl (C=O) groups is 1. The second-order valence-electron chi connectivity index (χ2n) is 7.95. The van der Waals surface area contributed by atoms with Crippen molar-refractivity contribution in [1.82, 2.24) is 0 Å². The fourth-order valence-corrected chi connectivity index (χ4v) is 2.90. The van der Waals surface area contributed by atoms with Gasteiger partial charge >= 0.3 is 0 Å². The van der Waals surface area contributed by atoms with Crippen molar-refractivity contribution in [3.05, 3.63) is 89.5 Å². The fraction of sp³-hybridized carbons (Fsp3) is 0.240. The van der Waals surface area contributed by atoms with Crippen molar-refractivity contribution in [2.45, 2.75) is 32.8 Å². The zero-order chi connectivity index (χ0) is 20.9. The van der Waals surface area contributed by atoms with E-state index in [1.807, 2.05) is 54.6 Å². The summed E-state index contributed by atoms with van der Waals surface area (Å²) in [5, 5.41) is 2.90. The van der Waals surface area contributed by atoms with Crippen LogP contribution < -0.4 is 14.8 Å². The third-order valence-corrected chi connectivity index (χ3v) is 4.66. The Balaban J connectivity index is 1.62. The Morgan fingerprint density at radius 1 is 0.897 bits per heavy atom. The van der Waals surface area contributed by atoms with Gasteiger partial charge < -0.3 is 14.8 Å². The minimum Gasteiger partial charge on any atom is -0.497 e. The van der Waals surface area contributed by atoms with Crippen LogP contribution in [0.1, 0.15) is 42.3 Å². The number of rotatable bonds is 6. The molecule has 3 rings (SSSR count). The molecule has 4 heteroatoms. The first-order chi connectivity index (χ1) is 13.8. The highest BCUT2D eigenvalue weighted by atomic mass is 16.5. The van der Waals surface area contributed by atoms with Crippen LogP contribution in [0.15, 0.2) is 72.8 Å². The van der Waals surface area contributed by atoms with E-state index >= 15 is 0 Å². The number of hydrogen-bond donors (Lipinski definition) is 1. The number of carbonyl (C=O) groups excluding carboxylic acids is 1. The zero-order valence-corrected chi connectivity index (χ0v) is 17.4. The van der Waals surface area contributed by atoms with E-state index in [0.717, 1.165) is 22.7 Å². The number of ether oxygens (including phenoxy) is 2. The Hall–Kier alpha value is -3.27. The van der Waals surface area contributed by atoms with Crippen LogP contribution in [0.25, 0.3) is 0 Å². The summed E-state index contributed by atoms with van der Waals surface area (Å²) in [5.74, 6) is 1.40. The van der Waals surface area contributed by atoms with Crippen molar-refractivity contribution >= 4 is 11.6 Å². The van der Waals surface area contributed by atoms with Gasteiger partial charge in [0.05, 0.1) is 7.11 Å². The molecule has 0 aliphatic heterocycles. The molecule has 3 aromatic carbocycles. The molecule has 0 heterocycles. The number of hydrogen-bond acceptors (Lipinski definition) is 3. The van der Waals surface area contributed by atoms with Gasteiger partial charge in [-0.2, -0.15) is 0 Å². The lowest BCUT2D eigenvalue weighted by Gasteiger charge is -2.19. The standard InChI is InChI=1S/C25H27NO3/c1-25(2,3)20-8-12-23(13-9-20)29-17-18-6-5-7-19(16-18)24(27)26-21-10-14-22(28-4)15-11-21/h5-16H,17H2,1-4H3,(H,26,27). The highest BCUT2D eigenvalue weighted by Gasteiger charge is 2.13. The summed E-state index contributed by atoms with van der Waals surface area (Å²) in [6, 6.07) is 22.9. The fourth-order valence-electron chi connectivity index (χ4n) is 2.90. The van der Waals surface area contributed by atoms with Crippen LogP contribution in [-0.2, 0) is 12.0 Å². The van der Waals surface area contributed by atoms with Crippen LogP contribution in [-0.4, -0.2) is 13.0 Å². The molecule has 0 unspecified atom stereocenters. The molecule has 0 aliphatic rings. The number of benzene rings is 3. The van der Waals surface area contributed by atoms with Gasteiger partial charge in [-0.25, -0.2) is 0 Å². The summed E-state index contributed by atoms with van der Waals surface area (Å²) in [5.41, 5.74) is 3.63. The van der Waals surface area contributed by atoms with E-state index in [1.54, 1.807) is 13.2 Å². The van der Waals surface area contributed by atoms with E-state index in [2.05, 4.69) is 38.2 Å². The third-order valence-electron chi connectivity index (χ3n) is 4.66. The van der Waals surface area contributed by atoms with Crippen molar-refractivity contribution in [3.8, 4) is 11.5 Å². The SMILES string of the molecule is COc1ccc(NC(=O)c2cccc(COc3ccc(C(C)(C)C)cc3)c2)cc1. The highest BCUT2D eigenvalue weighted by molar-refractivity contribution is 6.04. The summed E-state index contributed by atoms with van der Waals surface area (Å²) in [6.07, 6.45) is 0. The van der Waals surface area contributed by atoms with E-state index in [1.165, 1.54) is 5.56 Å². The second kappa shape index (κ2) is 8.82. The van der Waals surface area contributed by atoms with E-state index in [-0.39, 0.29) is 11.3 Å². The molecule has 0 bridgehead atoms. The highest BCUT2D eigenvalue weighted by Crippen LogP contribution is 2.24. The Bertz CT molecular complexity index is 955. The minimum absolute atomic E-state index is 0.115. The van der Waals surface area contributed by atoms with Crippen molar-refractivity contribution in [2.24, 2.45) is 0 Å². The van der Waals surface area contributed by atoms with Gasteiger partial charge in [0.25, 0.3) is 5.91 Å². The van der Waals surface area contributed by atoms with Gasteiger partial charge in [-0.05, 0) is 65.1 Å². The Morgan fingerprint density at radius 2 is 1.55 bits per heavy atom. The number of anilines is 1. The van der Waals surface area contributed by atoms with Gasteiger partial charge in [0.2, 0.25) is 0 Å². The van der Waals surface area contributed by atoms with E-state index in [0.29, 0.717) is 12.2 Å². The van der Waals surface area contributed by atoms with Crippen LogP contribution in [0.3, 0.4) is 0 Å². The van der Waals surface area contributed by atoms with Crippen LogP contribution in [0, 0.1) is 0 Å².